The summed E-state index contributed by atoms with van der Waals surface area (Å²) in [5.41, 5.74) is -0.0249. The molecule has 0 spiro atoms. The Balaban J connectivity index is 1.82. The average Bonchev–Trinajstić information content (AvgIpc) is 2.87. The number of carbonyl (C=O) groups is 2. The maximum absolute atomic E-state index is 13.3. The molecule has 0 unspecified atom stereocenters. The van der Waals surface area contributed by atoms with E-state index in [1.165, 1.54) is 18.2 Å². The van der Waals surface area contributed by atoms with Gasteiger partial charge in [-0.3, -0.25) is 9.59 Å². The largest absolute Gasteiger partial charge is 0.346 e. The van der Waals surface area contributed by atoms with Crippen molar-refractivity contribution in [1.29, 1.82) is 0 Å². The molecular formula is C14H15FN4O2. The monoisotopic (exact) mass is 290 g/mol. The Morgan fingerprint density at radius 1 is 1.29 bits per heavy atom. The Bertz CT molecular complexity index is 654. The number of rotatable bonds is 4. The van der Waals surface area contributed by atoms with Crippen molar-refractivity contribution in [3.8, 4) is 0 Å². The number of nitrogens with one attached hydrogen (secondary N) is 2. The number of hydrogen-bond acceptors (Lipinski definition) is 3. The van der Waals surface area contributed by atoms with Crippen LogP contribution in [-0.4, -0.2) is 27.9 Å². The second kappa shape index (κ2) is 6.65. The van der Waals surface area contributed by atoms with Gasteiger partial charge in [0.25, 0.3) is 0 Å². The van der Waals surface area contributed by atoms with Gasteiger partial charge in [0.15, 0.2) is 0 Å². The fraction of sp³-hybridized carbons (Fsp3) is 0.214. The van der Waals surface area contributed by atoms with Crippen LogP contribution in [0.1, 0.15) is 5.82 Å². The van der Waals surface area contributed by atoms with Crippen molar-refractivity contribution < 1.29 is 14.0 Å². The molecule has 2 N–H and O–H groups in total. The van der Waals surface area contributed by atoms with Crippen molar-refractivity contribution in [3.63, 3.8) is 0 Å². The molecule has 0 saturated carbocycles. The van der Waals surface area contributed by atoms with E-state index in [-0.39, 0.29) is 12.2 Å². The van der Waals surface area contributed by atoms with Gasteiger partial charge in [0.05, 0.1) is 5.69 Å². The molecule has 0 aliphatic carbocycles. The summed E-state index contributed by atoms with van der Waals surface area (Å²) in [7, 11) is 0. The molecule has 2 amide bonds. The molecule has 0 bridgehead atoms. The summed E-state index contributed by atoms with van der Waals surface area (Å²) >= 11 is 0. The van der Waals surface area contributed by atoms with Crippen LogP contribution in [-0.2, 0) is 16.1 Å². The van der Waals surface area contributed by atoms with E-state index >= 15 is 0 Å². The van der Waals surface area contributed by atoms with E-state index in [9.17, 15) is 14.0 Å². The van der Waals surface area contributed by atoms with E-state index in [0.717, 1.165) is 5.82 Å². The molecule has 0 saturated heterocycles. The molecule has 0 aliphatic heterocycles. The van der Waals surface area contributed by atoms with Crippen molar-refractivity contribution >= 4 is 17.5 Å². The molecular weight excluding hydrogens is 275 g/mol. The highest BCUT2D eigenvalue weighted by atomic mass is 19.1. The van der Waals surface area contributed by atoms with E-state index in [1.807, 2.05) is 11.5 Å². The molecule has 1 aromatic carbocycles. The molecule has 0 aliphatic rings. The van der Waals surface area contributed by atoms with Gasteiger partial charge in [-0.15, -0.1) is 0 Å². The molecule has 0 radical (unpaired) electrons. The lowest BCUT2D eigenvalue weighted by molar-refractivity contribution is -0.136. The number of aromatic nitrogens is 2. The lowest BCUT2D eigenvalue weighted by Crippen LogP contribution is -2.37. The highest BCUT2D eigenvalue weighted by Gasteiger charge is 2.14. The van der Waals surface area contributed by atoms with E-state index < -0.39 is 17.6 Å². The number of benzene rings is 1. The quantitative estimate of drug-likeness (QED) is 0.827. The second-order valence-corrected chi connectivity index (χ2v) is 4.36. The van der Waals surface area contributed by atoms with Gasteiger partial charge in [0, 0.05) is 25.5 Å². The first-order valence-electron chi connectivity index (χ1n) is 6.39. The normalized spacial score (nSPS) is 10.2. The van der Waals surface area contributed by atoms with Gasteiger partial charge in [-0.25, -0.2) is 9.37 Å². The van der Waals surface area contributed by atoms with Crippen LogP contribution in [0, 0.1) is 12.7 Å². The summed E-state index contributed by atoms with van der Waals surface area (Å²) in [6, 6.07) is 5.65. The van der Waals surface area contributed by atoms with E-state index in [0.29, 0.717) is 6.54 Å². The van der Waals surface area contributed by atoms with E-state index in [2.05, 4.69) is 15.6 Å². The number of amides is 2. The highest BCUT2D eigenvalue weighted by Crippen LogP contribution is 2.11. The smallest absolute Gasteiger partial charge is 0.313 e. The molecule has 7 heteroatoms. The molecule has 1 heterocycles. The number of nitrogens with zero attached hydrogens (tertiary/aromatic N) is 2. The number of aryl methyl sites for hydroxylation is 1. The number of hydrogen-bond donors (Lipinski definition) is 2. The van der Waals surface area contributed by atoms with Gasteiger partial charge in [-0.05, 0) is 19.1 Å². The topological polar surface area (TPSA) is 76.0 Å². The van der Waals surface area contributed by atoms with Gasteiger partial charge in [-0.1, -0.05) is 12.1 Å². The number of imidazole rings is 1. The van der Waals surface area contributed by atoms with Crippen LogP contribution in [0.3, 0.4) is 0 Å². The van der Waals surface area contributed by atoms with Gasteiger partial charge in [-0.2, -0.15) is 0 Å². The van der Waals surface area contributed by atoms with E-state index in [1.54, 1.807) is 18.5 Å². The summed E-state index contributed by atoms with van der Waals surface area (Å²) in [4.78, 5) is 27.3. The van der Waals surface area contributed by atoms with Crippen LogP contribution in [0.4, 0.5) is 10.1 Å². The Morgan fingerprint density at radius 2 is 2.05 bits per heavy atom. The van der Waals surface area contributed by atoms with Crippen LogP contribution in [0.25, 0.3) is 0 Å². The summed E-state index contributed by atoms with van der Waals surface area (Å²) in [5.74, 6) is -1.48. The molecule has 2 rings (SSSR count). The molecule has 110 valence electrons. The fourth-order valence-electron chi connectivity index (χ4n) is 1.75. The minimum Gasteiger partial charge on any atom is -0.346 e. The third-order valence-electron chi connectivity index (χ3n) is 2.89. The number of anilines is 1. The van der Waals surface area contributed by atoms with Gasteiger partial charge in [0.2, 0.25) is 0 Å². The Kier molecular flexibility index (Phi) is 4.65. The Morgan fingerprint density at radius 3 is 2.71 bits per heavy atom. The van der Waals surface area contributed by atoms with Crippen molar-refractivity contribution in [2.24, 2.45) is 0 Å². The van der Waals surface area contributed by atoms with Crippen molar-refractivity contribution in [2.75, 3.05) is 11.9 Å². The summed E-state index contributed by atoms with van der Waals surface area (Å²) in [5, 5.41) is 4.69. The maximum Gasteiger partial charge on any atom is 0.313 e. The van der Waals surface area contributed by atoms with Crippen molar-refractivity contribution in [2.45, 2.75) is 13.5 Å². The molecule has 0 atom stereocenters. The number of para-hydroxylation sites is 1. The third-order valence-corrected chi connectivity index (χ3v) is 2.89. The zero-order chi connectivity index (χ0) is 15.2. The molecule has 2 aromatic rings. The van der Waals surface area contributed by atoms with Crippen molar-refractivity contribution in [3.05, 3.63) is 48.3 Å². The second-order valence-electron chi connectivity index (χ2n) is 4.36. The first-order valence-corrected chi connectivity index (χ1v) is 6.39. The van der Waals surface area contributed by atoms with Crippen molar-refractivity contribution in [1.82, 2.24) is 14.9 Å². The minimum absolute atomic E-state index is 0.0249. The molecule has 1 aromatic heterocycles. The molecule has 6 nitrogen and oxygen atoms in total. The lowest BCUT2D eigenvalue weighted by atomic mass is 10.3. The van der Waals surface area contributed by atoms with Gasteiger partial charge in [0.1, 0.15) is 11.6 Å². The summed E-state index contributed by atoms with van der Waals surface area (Å²) in [6.45, 7) is 2.62. The van der Waals surface area contributed by atoms with Gasteiger partial charge >= 0.3 is 11.8 Å². The Hall–Kier alpha value is -2.70. The van der Waals surface area contributed by atoms with Crippen LogP contribution < -0.4 is 10.6 Å². The van der Waals surface area contributed by atoms with Crippen LogP contribution in [0.2, 0.25) is 0 Å². The SMILES string of the molecule is Cc1nccn1CCNC(=O)C(=O)Nc1ccccc1F. The number of carbonyl (C=O) groups excluding carboxylic acids is 2. The van der Waals surface area contributed by atoms with Gasteiger partial charge < -0.3 is 15.2 Å². The van der Waals surface area contributed by atoms with E-state index in [4.69, 9.17) is 0 Å². The predicted octanol–water partition coefficient (Wildman–Crippen LogP) is 1.09. The van der Waals surface area contributed by atoms with Crippen LogP contribution in [0.15, 0.2) is 36.7 Å². The minimum atomic E-state index is -0.901. The first-order chi connectivity index (χ1) is 10.1. The third kappa shape index (κ3) is 3.88. The first kappa shape index (κ1) is 14.7. The number of halogens is 1. The average molecular weight is 290 g/mol. The summed E-state index contributed by atoms with van der Waals surface area (Å²) in [6.07, 6.45) is 3.43. The summed E-state index contributed by atoms with van der Waals surface area (Å²) < 4.78 is 15.2. The lowest BCUT2D eigenvalue weighted by Gasteiger charge is -2.08. The molecule has 0 fully saturated rings. The van der Waals surface area contributed by atoms with Crippen LogP contribution >= 0.6 is 0 Å². The van der Waals surface area contributed by atoms with Crippen LogP contribution in [0.5, 0.6) is 0 Å². The highest BCUT2D eigenvalue weighted by molar-refractivity contribution is 6.39. The zero-order valence-corrected chi connectivity index (χ0v) is 11.5. The maximum atomic E-state index is 13.3. The zero-order valence-electron chi connectivity index (χ0n) is 11.5. The Labute approximate surface area is 121 Å². The predicted molar refractivity (Wildman–Crippen MR) is 75.0 cm³/mol. The molecule has 21 heavy (non-hydrogen) atoms. The fourth-order valence-corrected chi connectivity index (χ4v) is 1.75. The standard InChI is InChI=1S/C14H15FN4O2/c1-10-16-6-8-19(10)9-7-17-13(20)14(21)18-12-5-3-2-4-11(12)15/h2-6,8H,7,9H2,1H3,(H,17,20)(H,18,21).